The fourth-order valence-corrected chi connectivity index (χ4v) is 3.92. The van der Waals surface area contributed by atoms with Crippen LogP contribution in [0.3, 0.4) is 0 Å². The highest BCUT2D eigenvalue weighted by Crippen LogP contribution is 2.18. The molecule has 0 bridgehead atoms. The highest BCUT2D eigenvalue weighted by atomic mass is 32.2. The third-order valence-corrected chi connectivity index (χ3v) is 5.74. The molecule has 2 rings (SSSR count). The van der Waals surface area contributed by atoms with Crippen molar-refractivity contribution in [2.45, 2.75) is 31.7 Å². The molecule has 156 valence electrons. The number of hydrogen-bond acceptors (Lipinski definition) is 6. The number of hydrogen-bond donors (Lipinski definition) is 1. The average molecular weight is 419 g/mol. The molecule has 8 heteroatoms. The highest BCUT2D eigenvalue weighted by molar-refractivity contribution is 7.89. The van der Waals surface area contributed by atoms with E-state index in [2.05, 4.69) is 4.72 Å². The number of para-hydroxylation sites is 1. The third-order valence-electron chi connectivity index (χ3n) is 4.29. The van der Waals surface area contributed by atoms with E-state index in [9.17, 15) is 18.0 Å². The van der Waals surface area contributed by atoms with Crippen molar-refractivity contribution in [3.8, 4) is 5.75 Å². The van der Waals surface area contributed by atoms with Crippen LogP contribution < -0.4 is 9.46 Å². The van der Waals surface area contributed by atoms with Gasteiger partial charge in [0.25, 0.3) is 0 Å². The Morgan fingerprint density at radius 1 is 1.03 bits per heavy atom. The van der Waals surface area contributed by atoms with Crippen molar-refractivity contribution in [1.29, 1.82) is 0 Å². The topological polar surface area (TPSA) is 98.8 Å². The molecule has 0 heterocycles. The van der Waals surface area contributed by atoms with Gasteiger partial charge in [-0.25, -0.2) is 8.42 Å². The maximum absolute atomic E-state index is 12.6. The van der Waals surface area contributed by atoms with E-state index in [1.54, 1.807) is 50.2 Å². The summed E-state index contributed by atoms with van der Waals surface area (Å²) in [6, 6.07) is 11.7. The second-order valence-electron chi connectivity index (χ2n) is 6.89. The van der Waals surface area contributed by atoms with Crippen LogP contribution in [0.2, 0.25) is 0 Å². The number of benzene rings is 2. The minimum absolute atomic E-state index is 0.0478. The van der Waals surface area contributed by atoms with E-state index in [-0.39, 0.29) is 16.4 Å². The summed E-state index contributed by atoms with van der Waals surface area (Å²) in [6.07, 6.45) is 0. The minimum Gasteiger partial charge on any atom is -0.496 e. The number of rotatable bonds is 9. The van der Waals surface area contributed by atoms with Gasteiger partial charge in [-0.3, -0.25) is 9.59 Å². The molecule has 2 aromatic rings. The fraction of sp³-hybridized carbons (Fsp3) is 0.333. The van der Waals surface area contributed by atoms with Gasteiger partial charge < -0.3 is 9.47 Å². The molecule has 0 aromatic heterocycles. The molecule has 0 saturated carbocycles. The number of Topliss-reactive ketones (excluding diaryl/α,β-unsaturated/α-hetero) is 1. The quantitative estimate of drug-likeness (QED) is 0.496. The number of esters is 1. The molecule has 0 spiro atoms. The number of sulfonamides is 1. The molecule has 29 heavy (non-hydrogen) atoms. The SMILES string of the molecule is COc1ccccc1C(=O)COC(=O)[C@@H](NS(=O)(=O)c1ccc(C)cc1)C(C)C. The largest absolute Gasteiger partial charge is 0.496 e. The lowest BCUT2D eigenvalue weighted by Crippen LogP contribution is -2.45. The molecule has 0 saturated heterocycles. The van der Waals surface area contributed by atoms with Gasteiger partial charge in [0.2, 0.25) is 15.8 Å². The second kappa shape index (κ2) is 9.67. The van der Waals surface area contributed by atoms with Crippen LogP contribution in [0, 0.1) is 12.8 Å². The first kappa shape index (κ1) is 22.6. The lowest BCUT2D eigenvalue weighted by Gasteiger charge is -2.21. The predicted molar refractivity (Wildman–Crippen MR) is 108 cm³/mol. The van der Waals surface area contributed by atoms with Crippen LogP contribution in [-0.2, 0) is 19.6 Å². The van der Waals surface area contributed by atoms with Crippen LogP contribution in [0.5, 0.6) is 5.75 Å². The van der Waals surface area contributed by atoms with Crippen molar-refractivity contribution in [1.82, 2.24) is 4.72 Å². The zero-order valence-electron chi connectivity index (χ0n) is 16.8. The Morgan fingerprint density at radius 3 is 2.24 bits per heavy atom. The molecule has 0 fully saturated rings. The minimum atomic E-state index is -3.92. The first-order valence-corrected chi connectivity index (χ1v) is 10.6. The summed E-state index contributed by atoms with van der Waals surface area (Å²) in [5.41, 5.74) is 1.20. The summed E-state index contributed by atoms with van der Waals surface area (Å²) in [5, 5.41) is 0. The lowest BCUT2D eigenvalue weighted by molar-refractivity contribution is -0.145. The van der Waals surface area contributed by atoms with Crippen molar-refractivity contribution in [3.05, 3.63) is 59.7 Å². The van der Waals surface area contributed by atoms with Crippen molar-refractivity contribution < 1.29 is 27.5 Å². The molecule has 2 aromatic carbocycles. The lowest BCUT2D eigenvalue weighted by atomic mass is 10.1. The Hall–Kier alpha value is -2.71. The van der Waals surface area contributed by atoms with E-state index in [4.69, 9.17) is 9.47 Å². The molecule has 0 radical (unpaired) electrons. The first-order chi connectivity index (χ1) is 13.7. The maximum Gasteiger partial charge on any atom is 0.324 e. The Kier molecular flexibility index (Phi) is 7.53. The number of nitrogens with one attached hydrogen (secondary N) is 1. The molecular weight excluding hydrogens is 394 g/mol. The van der Waals surface area contributed by atoms with E-state index in [1.165, 1.54) is 19.2 Å². The van der Waals surface area contributed by atoms with Crippen LogP contribution in [0.1, 0.15) is 29.8 Å². The van der Waals surface area contributed by atoms with Crippen molar-refractivity contribution in [2.75, 3.05) is 13.7 Å². The molecule has 0 aliphatic heterocycles. The normalized spacial score (nSPS) is 12.4. The van der Waals surface area contributed by atoms with Gasteiger partial charge in [-0.1, -0.05) is 43.7 Å². The standard InChI is InChI=1S/C21H25NO6S/c1-14(2)20(22-29(25,26)16-11-9-15(3)10-12-16)21(24)28-13-18(23)17-7-5-6-8-19(17)27-4/h5-12,14,20,22H,13H2,1-4H3/t20-/m0/s1. The molecule has 0 aliphatic carbocycles. The third kappa shape index (κ3) is 5.88. The van der Waals surface area contributed by atoms with Gasteiger partial charge in [0.05, 0.1) is 17.6 Å². The van der Waals surface area contributed by atoms with Crippen LogP contribution in [0.15, 0.2) is 53.4 Å². The number of ketones is 1. The molecule has 0 amide bonds. The predicted octanol–water partition coefficient (Wildman–Crippen LogP) is 2.73. The Bertz CT molecular complexity index is 967. The highest BCUT2D eigenvalue weighted by Gasteiger charge is 2.30. The summed E-state index contributed by atoms with van der Waals surface area (Å²) in [5.74, 6) is -1.28. The number of ether oxygens (including phenoxy) is 2. The second-order valence-corrected chi connectivity index (χ2v) is 8.60. The van der Waals surface area contributed by atoms with Gasteiger partial charge in [-0.2, -0.15) is 4.72 Å². The van der Waals surface area contributed by atoms with Gasteiger partial charge in [0, 0.05) is 0 Å². The number of aryl methyl sites for hydroxylation is 1. The van der Waals surface area contributed by atoms with Crippen LogP contribution in [0.4, 0.5) is 0 Å². The molecule has 0 aliphatic rings. The van der Waals surface area contributed by atoms with Gasteiger partial charge in [-0.05, 0) is 37.1 Å². The van der Waals surface area contributed by atoms with Crippen molar-refractivity contribution in [3.63, 3.8) is 0 Å². The number of carbonyl (C=O) groups excluding carboxylic acids is 2. The number of carbonyl (C=O) groups is 2. The van der Waals surface area contributed by atoms with E-state index in [0.29, 0.717) is 5.75 Å². The average Bonchev–Trinajstić information content (AvgIpc) is 2.70. The smallest absolute Gasteiger partial charge is 0.324 e. The van der Waals surface area contributed by atoms with Crippen LogP contribution >= 0.6 is 0 Å². The molecular formula is C21H25NO6S. The summed E-state index contributed by atoms with van der Waals surface area (Å²) >= 11 is 0. The van der Waals surface area contributed by atoms with Gasteiger partial charge in [0.1, 0.15) is 11.8 Å². The molecule has 1 N–H and O–H groups in total. The number of methoxy groups -OCH3 is 1. The Balaban J connectivity index is 2.09. The van der Waals surface area contributed by atoms with Crippen molar-refractivity contribution in [2.24, 2.45) is 5.92 Å². The van der Waals surface area contributed by atoms with Gasteiger partial charge in [0.15, 0.2) is 6.61 Å². The zero-order chi connectivity index (χ0) is 21.6. The van der Waals surface area contributed by atoms with E-state index >= 15 is 0 Å². The Morgan fingerprint density at radius 2 is 1.66 bits per heavy atom. The van der Waals surface area contributed by atoms with Gasteiger partial charge >= 0.3 is 5.97 Å². The summed E-state index contributed by atoms with van der Waals surface area (Å²) in [6.45, 7) is 4.70. The molecule has 1 atom stereocenters. The molecule has 0 unspecified atom stereocenters. The maximum atomic E-state index is 12.6. The summed E-state index contributed by atoms with van der Waals surface area (Å²) in [4.78, 5) is 24.9. The van der Waals surface area contributed by atoms with E-state index < -0.39 is 34.4 Å². The summed E-state index contributed by atoms with van der Waals surface area (Å²) in [7, 11) is -2.49. The van der Waals surface area contributed by atoms with Gasteiger partial charge in [-0.15, -0.1) is 0 Å². The fourth-order valence-electron chi connectivity index (χ4n) is 2.59. The molecule has 7 nitrogen and oxygen atoms in total. The Labute approximate surface area is 171 Å². The van der Waals surface area contributed by atoms with Crippen LogP contribution in [-0.4, -0.2) is 39.9 Å². The van der Waals surface area contributed by atoms with Crippen molar-refractivity contribution >= 4 is 21.8 Å². The van der Waals surface area contributed by atoms with E-state index in [0.717, 1.165) is 5.56 Å². The monoisotopic (exact) mass is 419 g/mol. The first-order valence-electron chi connectivity index (χ1n) is 9.07. The van der Waals surface area contributed by atoms with Crippen LogP contribution in [0.25, 0.3) is 0 Å². The van der Waals surface area contributed by atoms with E-state index in [1.807, 2.05) is 6.92 Å². The zero-order valence-corrected chi connectivity index (χ0v) is 17.7. The summed E-state index contributed by atoms with van der Waals surface area (Å²) < 4.78 is 37.8.